The number of benzene rings is 1. The minimum atomic E-state index is -0.848. The van der Waals surface area contributed by atoms with Crippen molar-refractivity contribution in [1.29, 1.82) is 0 Å². The highest BCUT2D eigenvalue weighted by Gasteiger charge is 2.37. The molecule has 1 heterocycles. The Morgan fingerprint density at radius 3 is 2.79 bits per heavy atom. The van der Waals surface area contributed by atoms with Gasteiger partial charge in [0.1, 0.15) is 5.92 Å². The first kappa shape index (κ1) is 13.5. The van der Waals surface area contributed by atoms with Crippen molar-refractivity contribution in [3.63, 3.8) is 0 Å². The molecule has 1 aromatic carbocycles. The molecule has 0 spiro atoms. The molecule has 2 rings (SSSR count). The highest BCUT2D eigenvalue weighted by molar-refractivity contribution is 6.00. The Morgan fingerprint density at radius 1 is 1.37 bits per heavy atom. The summed E-state index contributed by atoms with van der Waals surface area (Å²) >= 11 is 0. The van der Waals surface area contributed by atoms with E-state index < -0.39 is 18.0 Å². The van der Waals surface area contributed by atoms with Gasteiger partial charge in [-0.05, 0) is 5.56 Å². The molecule has 1 unspecified atom stereocenters. The normalized spacial score (nSPS) is 23.5. The van der Waals surface area contributed by atoms with Gasteiger partial charge >= 0.3 is 5.97 Å². The van der Waals surface area contributed by atoms with Gasteiger partial charge in [0.25, 0.3) is 0 Å². The zero-order chi connectivity index (χ0) is 13.7. The first-order chi connectivity index (χ1) is 9.22. The van der Waals surface area contributed by atoms with E-state index in [1.807, 2.05) is 36.4 Å². The molecule has 1 fully saturated rings. The lowest BCUT2D eigenvalue weighted by molar-refractivity contribution is -0.158. The number of methoxy groups -OCH3 is 1. The third kappa shape index (κ3) is 3.29. The molecule has 0 radical (unpaired) electrons. The van der Waals surface area contributed by atoms with Crippen LogP contribution in [0.25, 0.3) is 6.08 Å². The molecule has 4 heteroatoms. The molecular formula is C15H16O4. The number of hydrogen-bond acceptors (Lipinski definition) is 4. The molecule has 1 aromatic rings. The van der Waals surface area contributed by atoms with E-state index in [9.17, 15) is 9.59 Å². The standard InChI is InChI=1S/C15H16O4/c1-18-15(17)14-12(16)9-10-19-13(14)8-7-11-5-3-2-4-6-11/h2-8,13-14H,9-10H2,1H3/b8-7+/t13-,14?/m1/s1. The molecule has 19 heavy (non-hydrogen) atoms. The fraction of sp³-hybridized carbons (Fsp3) is 0.333. The van der Waals surface area contributed by atoms with Crippen molar-refractivity contribution in [2.75, 3.05) is 13.7 Å². The van der Waals surface area contributed by atoms with E-state index in [0.717, 1.165) is 5.56 Å². The third-order valence-electron chi connectivity index (χ3n) is 3.07. The monoisotopic (exact) mass is 260 g/mol. The number of esters is 1. The lowest BCUT2D eigenvalue weighted by Gasteiger charge is -2.26. The summed E-state index contributed by atoms with van der Waals surface area (Å²) < 4.78 is 10.2. The van der Waals surface area contributed by atoms with Crippen LogP contribution in [-0.2, 0) is 19.1 Å². The number of hydrogen-bond donors (Lipinski definition) is 0. The van der Waals surface area contributed by atoms with Crippen LogP contribution >= 0.6 is 0 Å². The van der Waals surface area contributed by atoms with Crippen LogP contribution in [0.2, 0.25) is 0 Å². The molecule has 0 aromatic heterocycles. The highest BCUT2D eigenvalue weighted by Crippen LogP contribution is 2.21. The van der Waals surface area contributed by atoms with Crippen LogP contribution in [0.1, 0.15) is 12.0 Å². The summed E-state index contributed by atoms with van der Waals surface area (Å²) in [6, 6.07) is 9.65. The van der Waals surface area contributed by atoms with Crippen LogP contribution < -0.4 is 0 Å². The van der Waals surface area contributed by atoms with Gasteiger partial charge in [0.05, 0.1) is 19.8 Å². The molecule has 0 bridgehead atoms. The Bertz CT molecular complexity index is 470. The topological polar surface area (TPSA) is 52.6 Å². The van der Waals surface area contributed by atoms with E-state index in [1.165, 1.54) is 7.11 Å². The second kappa shape index (κ2) is 6.29. The summed E-state index contributed by atoms with van der Waals surface area (Å²) in [6.45, 7) is 0.343. The average molecular weight is 260 g/mol. The average Bonchev–Trinajstić information content (AvgIpc) is 2.45. The van der Waals surface area contributed by atoms with Crippen LogP contribution in [0.4, 0.5) is 0 Å². The maximum Gasteiger partial charge on any atom is 0.319 e. The maximum atomic E-state index is 11.8. The Hall–Kier alpha value is -1.94. The summed E-state index contributed by atoms with van der Waals surface area (Å²) in [7, 11) is 1.28. The molecule has 2 atom stereocenters. The smallest absolute Gasteiger partial charge is 0.319 e. The van der Waals surface area contributed by atoms with Gasteiger partial charge in [-0.1, -0.05) is 42.5 Å². The van der Waals surface area contributed by atoms with Crippen LogP contribution in [-0.4, -0.2) is 31.6 Å². The van der Waals surface area contributed by atoms with Crippen LogP contribution in [0.15, 0.2) is 36.4 Å². The SMILES string of the molecule is COC(=O)C1C(=O)CCO[C@@H]1/C=C/c1ccccc1. The second-order valence-corrected chi connectivity index (χ2v) is 4.32. The Labute approximate surface area is 112 Å². The maximum absolute atomic E-state index is 11.8. The number of carbonyl (C=O) groups is 2. The van der Waals surface area contributed by atoms with Crippen LogP contribution in [0, 0.1) is 5.92 Å². The van der Waals surface area contributed by atoms with Crippen molar-refractivity contribution in [3.05, 3.63) is 42.0 Å². The van der Waals surface area contributed by atoms with Crippen LogP contribution in [0.3, 0.4) is 0 Å². The van der Waals surface area contributed by atoms with Gasteiger partial charge in [-0.2, -0.15) is 0 Å². The minimum Gasteiger partial charge on any atom is -0.468 e. The lowest BCUT2D eigenvalue weighted by Crippen LogP contribution is -2.41. The fourth-order valence-corrected chi connectivity index (χ4v) is 2.06. The van der Waals surface area contributed by atoms with Crippen LogP contribution in [0.5, 0.6) is 0 Å². The molecule has 1 saturated heterocycles. The Kier molecular flexibility index (Phi) is 4.47. The first-order valence-electron chi connectivity index (χ1n) is 6.18. The van der Waals surface area contributed by atoms with Crippen molar-refractivity contribution in [2.24, 2.45) is 5.92 Å². The van der Waals surface area contributed by atoms with E-state index in [0.29, 0.717) is 6.61 Å². The molecule has 100 valence electrons. The number of ketones is 1. The molecule has 0 N–H and O–H groups in total. The van der Waals surface area contributed by atoms with Crippen molar-refractivity contribution in [3.8, 4) is 0 Å². The van der Waals surface area contributed by atoms with E-state index in [4.69, 9.17) is 4.74 Å². The van der Waals surface area contributed by atoms with E-state index in [1.54, 1.807) is 6.08 Å². The zero-order valence-electron chi connectivity index (χ0n) is 10.7. The predicted octanol–water partition coefficient (Wildman–Crippen LogP) is 1.85. The summed E-state index contributed by atoms with van der Waals surface area (Å²) in [5, 5.41) is 0. The quantitative estimate of drug-likeness (QED) is 0.614. The van der Waals surface area contributed by atoms with Gasteiger partial charge in [0.2, 0.25) is 0 Å². The van der Waals surface area contributed by atoms with Gasteiger partial charge in [0.15, 0.2) is 5.78 Å². The largest absolute Gasteiger partial charge is 0.468 e. The minimum absolute atomic E-state index is 0.124. The van der Waals surface area contributed by atoms with Gasteiger partial charge in [0, 0.05) is 6.42 Å². The van der Waals surface area contributed by atoms with E-state index >= 15 is 0 Å². The van der Waals surface area contributed by atoms with E-state index in [2.05, 4.69) is 4.74 Å². The number of Topliss-reactive ketones (excluding diaryl/α,β-unsaturated/α-hetero) is 1. The van der Waals surface area contributed by atoms with Gasteiger partial charge in [-0.15, -0.1) is 0 Å². The highest BCUT2D eigenvalue weighted by atomic mass is 16.5. The summed E-state index contributed by atoms with van der Waals surface area (Å²) in [4.78, 5) is 23.4. The van der Waals surface area contributed by atoms with Crippen molar-refractivity contribution < 1.29 is 19.1 Å². The van der Waals surface area contributed by atoms with Gasteiger partial charge < -0.3 is 9.47 Å². The Morgan fingerprint density at radius 2 is 2.11 bits per heavy atom. The molecule has 0 amide bonds. The molecule has 1 aliphatic heterocycles. The molecular weight excluding hydrogens is 244 g/mol. The molecule has 0 aliphatic carbocycles. The third-order valence-corrected chi connectivity index (χ3v) is 3.07. The number of ether oxygens (including phenoxy) is 2. The number of carbonyl (C=O) groups excluding carboxylic acids is 2. The fourth-order valence-electron chi connectivity index (χ4n) is 2.06. The predicted molar refractivity (Wildman–Crippen MR) is 70.3 cm³/mol. The van der Waals surface area contributed by atoms with Gasteiger partial charge in [-0.25, -0.2) is 0 Å². The van der Waals surface area contributed by atoms with Crippen molar-refractivity contribution in [1.82, 2.24) is 0 Å². The number of rotatable bonds is 3. The van der Waals surface area contributed by atoms with E-state index in [-0.39, 0.29) is 12.2 Å². The molecule has 1 aliphatic rings. The lowest BCUT2D eigenvalue weighted by atomic mass is 9.92. The summed E-state index contributed by atoms with van der Waals surface area (Å²) in [5.41, 5.74) is 0.993. The van der Waals surface area contributed by atoms with Crippen molar-refractivity contribution >= 4 is 17.8 Å². The molecule has 4 nitrogen and oxygen atoms in total. The summed E-state index contributed by atoms with van der Waals surface area (Å²) in [6.07, 6.45) is 3.30. The van der Waals surface area contributed by atoms with Gasteiger partial charge in [-0.3, -0.25) is 9.59 Å². The zero-order valence-corrected chi connectivity index (χ0v) is 10.7. The second-order valence-electron chi connectivity index (χ2n) is 4.32. The Balaban J connectivity index is 2.14. The molecule has 0 saturated carbocycles. The van der Waals surface area contributed by atoms with Crippen molar-refractivity contribution in [2.45, 2.75) is 12.5 Å². The summed E-state index contributed by atoms with van der Waals surface area (Å²) in [5.74, 6) is -1.51. The first-order valence-corrected chi connectivity index (χ1v) is 6.18.